The van der Waals surface area contributed by atoms with Gasteiger partial charge in [-0.15, -0.1) is 0 Å². The zero-order valence-corrected chi connectivity index (χ0v) is 33.8. The van der Waals surface area contributed by atoms with E-state index in [-0.39, 0.29) is 67.3 Å². The van der Waals surface area contributed by atoms with Crippen LogP contribution in [0.3, 0.4) is 0 Å². The van der Waals surface area contributed by atoms with Crippen molar-refractivity contribution in [2.24, 2.45) is 0 Å². The Balaban J connectivity index is 1.64. The number of ether oxygens (including phenoxy) is 1. The molecule has 1 aromatic carbocycles. The monoisotopic (exact) mass is 741 g/mol. The van der Waals surface area contributed by atoms with Gasteiger partial charge in [0.1, 0.15) is 24.9 Å². The van der Waals surface area contributed by atoms with E-state index in [0.717, 1.165) is 0 Å². The molecular formula is C37H56N5O7PSi. The smallest absolute Gasteiger partial charge is 0.325 e. The highest BCUT2D eigenvalue weighted by Gasteiger charge is 2.53. The van der Waals surface area contributed by atoms with Gasteiger partial charge in [-0.3, -0.25) is 14.5 Å². The average molecular weight is 742 g/mol. The molecule has 0 aliphatic carbocycles. The van der Waals surface area contributed by atoms with Gasteiger partial charge in [0.05, 0.1) is 17.2 Å². The number of carbonyl (C=O) groups excluding carboxylic acids is 3. The fourth-order valence-electron chi connectivity index (χ4n) is 6.30. The highest BCUT2D eigenvalue weighted by atomic mass is 31.2. The summed E-state index contributed by atoms with van der Waals surface area (Å²) in [4.78, 5) is 45.4. The first-order valence-electron chi connectivity index (χ1n) is 17.9. The summed E-state index contributed by atoms with van der Waals surface area (Å²) in [5, 5.41) is 2.79. The lowest BCUT2D eigenvalue weighted by Gasteiger charge is -2.43. The van der Waals surface area contributed by atoms with E-state index in [2.05, 4.69) is 89.9 Å². The van der Waals surface area contributed by atoms with E-state index in [1.54, 1.807) is 35.4 Å². The lowest BCUT2D eigenvalue weighted by atomic mass is 9.98. The van der Waals surface area contributed by atoms with Crippen molar-refractivity contribution in [1.82, 2.24) is 19.8 Å². The molecule has 0 aromatic heterocycles. The quantitative estimate of drug-likeness (QED) is 0.0616. The minimum atomic E-state index is -2.42. The number of imide groups is 1. The highest BCUT2D eigenvalue weighted by molar-refractivity contribution is 7.44. The van der Waals surface area contributed by atoms with Gasteiger partial charge in [0.15, 0.2) is 8.32 Å². The van der Waals surface area contributed by atoms with Crippen LogP contribution in [0.2, 0.25) is 18.1 Å². The van der Waals surface area contributed by atoms with E-state index in [0.29, 0.717) is 35.2 Å². The standard InChI is InChI=1S/C37H56N5O7PSi/c1-13-30-32(48-50(46-22-19-38-10)42(24(2)3)25(4)5)33(49-51(11,12)37(7,8)9)31(47-30)29-23-40(36(45)39-26(29)6)20-16-21-41-34(43)27-17-14-15-18-28(27)35(41)44/h14-15,17-18,23-25,30-33H,6,13,16,19-22H2,1-5,7-9,11-12H3,(H,39,45)/t30-,31+,32?,33-,50?/m1/s1. The number of nitrogens with one attached hydrogen (secondary N) is 1. The summed E-state index contributed by atoms with van der Waals surface area (Å²) in [5.74, 6) is -0.645. The Labute approximate surface area is 306 Å². The summed E-state index contributed by atoms with van der Waals surface area (Å²) in [7, 11) is -4.01. The van der Waals surface area contributed by atoms with Gasteiger partial charge in [0, 0.05) is 42.6 Å². The zero-order valence-electron chi connectivity index (χ0n) is 31.9. The molecule has 12 nitrogen and oxygen atoms in total. The molecule has 4 rings (SSSR count). The molecule has 51 heavy (non-hydrogen) atoms. The zero-order chi connectivity index (χ0) is 37.8. The van der Waals surface area contributed by atoms with Gasteiger partial charge in [-0.1, -0.05) is 46.4 Å². The third kappa shape index (κ3) is 8.99. The van der Waals surface area contributed by atoms with Crippen LogP contribution in [0.5, 0.6) is 0 Å². The van der Waals surface area contributed by atoms with Crippen LogP contribution in [-0.2, 0) is 18.2 Å². The van der Waals surface area contributed by atoms with E-state index < -0.39 is 35.2 Å². The number of carbonyl (C=O) groups is 3. The summed E-state index contributed by atoms with van der Waals surface area (Å²) in [5.41, 5.74) is 1.89. The Morgan fingerprint density at radius 2 is 1.67 bits per heavy atom. The predicted octanol–water partition coefficient (Wildman–Crippen LogP) is 7.33. The first kappa shape index (κ1) is 40.8. The van der Waals surface area contributed by atoms with Crippen LogP contribution in [0.25, 0.3) is 4.85 Å². The molecule has 1 aromatic rings. The van der Waals surface area contributed by atoms with Crippen LogP contribution in [0, 0.1) is 6.57 Å². The molecule has 3 aliphatic heterocycles. The molecule has 14 heteroatoms. The van der Waals surface area contributed by atoms with Gasteiger partial charge >= 0.3 is 6.03 Å². The van der Waals surface area contributed by atoms with E-state index in [4.69, 9.17) is 24.8 Å². The molecule has 3 aliphatic rings. The van der Waals surface area contributed by atoms with Crippen LogP contribution in [0.1, 0.15) is 88.9 Å². The Morgan fingerprint density at radius 1 is 1.06 bits per heavy atom. The molecule has 4 amide bonds. The number of fused-ring (bicyclic) bond motifs is 1. The van der Waals surface area contributed by atoms with Crippen molar-refractivity contribution in [3.05, 3.63) is 70.9 Å². The molecule has 1 N–H and O–H groups in total. The minimum absolute atomic E-state index is 0.118. The number of amides is 4. The summed E-state index contributed by atoms with van der Waals surface area (Å²) in [6.07, 6.45) is 0.742. The van der Waals surface area contributed by atoms with Crippen molar-refractivity contribution in [2.75, 3.05) is 26.2 Å². The normalized spacial score (nSPS) is 23.3. The molecule has 0 saturated carbocycles. The molecule has 280 valence electrons. The van der Waals surface area contributed by atoms with Gasteiger partial charge in [-0.25, -0.2) is 16.0 Å². The molecule has 0 spiro atoms. The van der Waals surface area contributed by atoms with Crippen LogP contribution in [0.4, 0.5) is 4.79 Å². The topological polar surface area (TPSA) is 114 Å². The maximum absolute atomic E-state index is 13.2. The fourth-order valence-corrected chi connectivity index (χ4v) is 9.35. The van der Waals surface area contributed by atoms with E-state index in [1.807, 2.05) is 0 Å². The summed E-state index contributed by atoms with van der Waals surface area (Å²) in [6.45, 7) is 33.8. The maximum Gasteiger partial charge on any atom is 0.325 e. The van der Waals surface area contributed by atoms with Crippen molar-refractivity contribution >= 4 is 34.7 Å². The molecule has 5 atom stereocenters. The number of benzene rings is 1. The van der Waals surface area contributed by atoms with Gasteiger partial charge < -0.3 is 33.3 Å². The first-order valence-corrected chi connectivity index (χ1v) is 22.0. The van der Waals surface area contributed by atoms with E-state index in [9.17, 15) is 14.4 Å². The SMILES string of the molecule is [C-]#[N+]CCOP(OC1[C@@H](CC)O[C@@H](C2=CN(CCCN3C(=O)c4ccccc4C3=O)C(=O)NC2=C)[C@H]1O[Si](C)(C)C(C)(C)C)N(C(C)C)C(C)C. The number of nitrogens with zero attached hydrogens (tertiary/aromatic N) is 4. The van der Waals surface area contributed by atoms with Crippen molar-refractivity contribution < 1.29 is 32.6 Å². The second kappa shape index (κ2) is 16.8. The van der Waals surface area contributed by atoms with Crippen LogP contribution in [-0.4, -0.2) is 103 Å². The number of hydrogen-bond acceptors (Lipinski definition) is 8. The van der Waals surface area contributed by atoms with E-state index >= 15 is 0 Å². The van der Waals surface area contributed by atoms with Gasteiger partial charge in [-0.05, 0) is 70.8 Å². The Kier molecular flexibility index (Phi) is 13.4. The van der Waals surface area contributed by atoms with Crippen molar-refractivity contribution in [3.63, 3.8) is 0 Å². The summed E-state index contributed by atoms with van der Waals surface area (Å²) in [6, 6.07) is 6.68. The van der Waals surface area contributed by atoms with Gasteiger partial charge in [-0.2, -0.15) is 0 Å². The predicted molar refractivity (Wildman–Crippen MR) is 201 cm³/mol. The fraction of sp³-hybridized carbons (Fsp3) is 0.622. The second-order valence-electron chi connectivity index (χ2n) is 15.3. The molecular weight excluding hydrogens is 685 g/mol. The number of hydrogen-bond donors (Lipinski definition) is 1. The highest BCUT2D eigenvalue weighted by Crippen LogP contribution is 2.51. The molecule has 2 unspecified atom stereocenters. The van der Waals surface area contributed by atoms with Crippen molar-refractivity contribution in [3.8, 4) is 0 Å². The van der Waals surface area contributed by atoms with Crippen molar-refractivity contribution in [2.45, 2.75) is 123 Å². The largest absolute Gasteiger partial charge is 0.408 e. The van der Waals surface area contributed by atoms with Crippen molar-refractivity contribution in [1.29, 1.82) is 0 Å². The number of urea groups is 1. The van der Waals surface area contributed by atoms with E-state index in [1.165, 1.54) is 4.90 Å². The lowest BCUT2D eigenvalue weighted by Crippen LogP contribution is -2.51. The van der Waals surface area contributed by atoms with Gasteiger partial charge in [0.2, 0.25) is 6.54 Å². The number of rotatable bonds is 16. The average Bonchev–Trinajstić information content (AvgIpc) is 3.50. The Bertz CT molecular complexity index is 1490. The molecule has 1 fully saturated rings. The third-order valence-electron chi connectivity index (χ3n) is 9.94. The molecule has 0 radical (unpaired) electrons. The molecule has 3 heterocycles. The van der Waals surface area contributed by atoms with Gasteiger partial charge in [0.25, 0.3) is 20.3 Å². The second-order valence-corrected chi connectivity index (χ2v) is 21.4. The Morgan fingerprint density at radius 3 is 2.20 bits per heavy atom. The van der Waals surface area contributed by atoms with Crippen LogP contribution in [0.15, 0.2) is 48.3 Å². The molecule has 0 bridgehead atoms. The Hall–Kier alpha value is -2.95. The summed E-state index contributed by atoms with van der Waals surface area (Å²) < 4.78 is 29.6. The lowest BCUT2D eigenvalue weighted by molar-refractivity contribution is 0.0207. The summed E-state index contributed by atoms with van der Waals surface area (Å²) >= 11 is 0. The minimum Gasteiger partial charge on any atom is -0.408 e. The first-order chi connectivity index (χ1) is 23.9. The van der Waals surface area contributed by atoms with Crippen LogP contribution < -0.4 is 5.32 Å². The third-order valence-corrected chi connectivity index (χ3v) is 16.5. The molecule has 1 saturated heterocycles. The maximum atomic E-state index is 13.2. The van der Waals surface area contributed by atoms with Crippen LogP contribution >= 0.6 is 8.53 Å².